The van der Waals surface area contributed by atoms with Crippen LogP contribution in [0.15, 0.2) is 42.5 Å². The lowest BCUT2D eigenvalue weighted by Crippen LogP contribution is -2.16. The Morgan fingerprint density at radius 3 is 2.50 bits per heavy atom. The maximum Gasteiger partial charge on any atom is 0.122 e. The Morgan fingerprint density at radius 2 is 1.82 bits per heavy atom. The molecule has 0 aromatic heterocycles. The Morgan fingerprint density at radius 1 is 1.05 bits per heavy atom. The van der Waals surface area contributed by atoms with Crippen molar-refractivity contribution < 1.29 is 9.47 Å². The van der Waals surface area contributed by atoms with Crippen LogP contribution >= 0.6 is 0 Å². The van der Waals surface area contributed by atoms with Crippen molar-refractivity contribution in [2.75, 3.05) is 20.3 Å². The summed E-state index contributed by atoms with van der Waals surface area (Å²) in [6, 6.07) is 14.3. The second-order valence-electron chi connectivity index (χ2n) is 5.58. The van der Waals surface area contributed by atoms with Crippen LogP contribution in [-0.2, 0) is 0 Å². The summed E-state index contributed by atoms with van der Waals surface area (Å²) in [4.78, 5) is 0. The Kier molecular flexibility index (Phi) is 5.84. The number of hydrogen-bond acceptors (Lipinski definition) is 3. The van der Waals surface area contributed by atoms with Crippen LogP contribution in [0, 0.1) is 13.8 Å². The molecule has 1 atom stereocenters. The molecule has 0 fully saturated rings. The molecule has 2 rings (SSSR count). The van der Waals surface area contributed by atoms with Crippen LogP contribution in [0.5, 0.6) is 11.5 Å². The van der Waals surface area contributed by atoms with Crippen molar-refractivity contribution in [2.24, 2.45) is 5.73 Å². The summed E-state index contributed by atoms with van der Waals surface area (Å²) >= 11 is 0. The van der Waals surface area contributed by atoms with Crippen molar-refractivity contribution in [2.45, 2.75) is 26.2 Å². The Hall–Kier alpha value is -2.00. The fraction of sp³-hybridized carbons (Fsp3) is 0.368. The summed E-state index contributed by atoms with van der Waals surface area (Å²) < 4.78 is 11.4. The van der Waals surface area contributed by atoms with Crippen LogP contribution in [0.3, 0.4) is 0 Å². The minimum Gasteiger partial charge on any atom is -0.496 e. The molecular formula is C19H25NO2. The van der Waals surface area contributed by atoms with Gasteiger partial charge in [-0.3, -0.25) is 0 Å². The van der Waals surface area contributed by atoms with E-state index in [1.54, 1.807) is 7.11 Å². The second kappa shape index (κ2) is 7.85. The molecule has 0 heterocycles. The van der Waals surface area contributed by atoms with Gasteiger partial charge in [-0.25, -0.2) is 0 Å². The molecule has 3 heteroatoms. The van der Waals surface area contributed by atoms with Gasteiger partial charge in [-0.15, -0.1) is 0 Å². The zero-order chi connectivity index (χ0) is 15.9. The summed E-state index contributed by atoms with van der Waals surface area (Å²) in [5.41, 5.74) is 9.51. The van der Waals surface area contributed by atoms with Crippen LogP contribution < -0.4 is 15.2 Å². The quantitative estimate of drug-likeness (QED) is 0.845. The van der Waals surface area contributed by atoms with E-state index >= 15 is 0 Å². The van der Waals surface area contributed by atoms with Gasteiger partial charge in [0.25, 0.3) is 0 Å². The molecule has 0 aliphatic carbocycles. The highest BCUT2D eigenvalue weighted by Gasteiger charge is 2.14. The van der Waals surface area contributed by atoms with E-state index in [0.29, 0.717) is 13.2 Å². The van der Waals surface area contributed by atoms with Gasteiger partial charge in [-0.1, -0.05) is 35.9 Å². The van der Waals surface area contributed by atoms with E-state index in [2.05, 4.69) is 32.0 Å². The highest BCUT2D eigenvalue weighted by atomic mass is 16.5. The predicted molar refractivity (Wildman–Crippen MR) is 90.8 cm³/mol. The number of aryl methyl sites for hydroxylation is 2. The molecule has 0 aliphatic heterocycles. The summed E-state index contributed by atoms with van der Waals surface area (Å²) in [5, 5.41) is 0. The first-order valence-corrected chi connectivity index (χ1v) is 7.68. The fourth-order valence-electron chi connectivity index (χ4n) is 2.68. The zero-order valence-electron chi connectivity index (χ0n) is 13.6. The van der Waals surface area contributed by atoms with Gasteiger partial charge in [0, 0.05) is 5.92 Å². The van der Waals surface area contributed by atoms with Gasteiger partial charge in [0.05, 0.1) is 13.7 Å². The minimum atomic E-state index is 0.238. The van der Waals surface area contributed by atoms with Gasteiger partial charge in [-0.2, -0.15) is 0 Å². The van der Waals surface area contributed by atoms with Crippen molar-refractivity contribution >= 4 is 0 Å². The molecule has 118 valence electrons. The maximum atomic E-state index is 5.95. The van der Waals surface area contributed by atoms with Crippen molar-refractivity contribution in [1.82, 2.24) is 0 Å². The summed E-state index contributed by atoms with van der Waals surface area (Å²) in [7, 11) is 1.69. The molecule has 0 saturated carbocycles. The van der Waals surface area contributed by atoms with E-state index in [1.165, 1.54) is 11.1 Å². The monoisotopic (exact) mass is 299 g/mol. The molecule has 0 amide bonds. The van der Waals surface area contributed by atoms with Crippen molar-refractivity contribution in [3.63, 3.8) is 0 Å². The molecule has 0 aliphatic rings. The standard InChI is InChI=1S/C19H25NO2/c1-14-8-9-18(15(2)12-14)22-11-10-16(13-20)17-6-4-5-7-19(17)21-3/h4-9,12,16H,10-11,13,20H2,1-3H3. The SMILES string of the molecule is COc1ccccc1C(CN)CCOc1ccc(C)cc1C. The Balaban J connectivity index is 1.99. The van der Waals surface area contributed by atoms with Gasteiger partial charge >= 0.3 is 0 Å². The molecule has 22 heavy (non-hydrogen) atoms. The number of ether oxygens (including phenoxy) is 2. The summed E-state index contributed by atoms with van der Waals surface area (Å²) in [6.45, 7) is 5.38. The first kappa shape index (κ1) is 16.4. The van der Waals surface area contributed by atoms with Gasteiger partial charge < -0.3 is 15.2 Å². The van der Waals surface area contributed by atoms with Gasteiger partial charge in [0.2, 0.25) is 0 Å². The predicted octanol–water partition coefficient (Wildman–Crippen LogP) is 3.82. The molecule has 1 unspecified atom stereocenters. The number of hydrogen-bond donors (Lipinski definition) is 1. The van der Waals surface area contributed by atoms with Gasteiger partial charge in [0.15, 0.2) is 0 Å². The molecule has 2 aromatic carbocycles. The third kappa shape index (κ3) is 4.01. The number of nitrogens with two attached hydrogens (primary N) is 1. The lowest BCUT2D eigenvalue weighted by molar-refractivity contribution is 0.294. The van der Waals surface area contributed by atoms with E-state index in [4.69, 9.17) is 15.2 Å². The summed E-state index contributed by atoms with van der Waals surface area (Å²) in [6.07, 6.45) is 0.865. The number of rotatable bonds is 7. The highest BCUT2D eigenvalue weighted by molar-refractivity contribution is 5.37. The molecular weight excluding hydrogens is 274 g/mol. The highest BCUT2D eigenvalue weighted by Crippen LogP contribution is 2.28. The third-order valence-electron chi connectivity index (χ3n) is 3.92. The topological polar surface area (TPSA) is 44.5 Å². The number of para-hydroxylation sites is 1. The molecule has 0 radical (unpaired) electrons. The number of methoxy groups -OCH3 is 1. The second-order valence-corrected chi connectivity index (χ2v) is 5.58. The van der Waals surface area contributed by atoms with Crippen LogP contribution in [-0.4, -0.2) is 20.3 Å². The normalized spacial score (nSPS) is 12.0. The molecule has 2 aromatic rings. The average Bonchev–Trinajstić information content (AvgIpc) is 2.53. The largest absolute Gasteiger partial charge is 0.496 e. The molecule has 0 saturated heterocycles. The lowest BCUT2D eigenvalue weighted by atomic mass is 9.95. The smallest absolute Gasteiger partial charge is 0.122 e. The van der Waals surface area contributed by atoms with Crippen molar-refractivity contribution in [1.29, 1.82) is 0 Å². The molecule has 2 N–H and O–H groups in total. The van der Waals surface area contributed by atoms with Crippen LogP contribution in [0.2, 0.25) is 0 Å². The van der Waals surface area contributed by atoms with Crippen molar-refractivity contribution in [3.8, 4) is 11.5 Å². The molecule has 0 spiro atoms. The van der Waals surface area contributed by atoms with Gasteiger partial charge in [0.1, 0.15) is 11.5 Å². The van der Waals surface area contributed by atoms with E-state index in [9.17, 15) is 0 Å². The van der Waals surface area contributed by atoms with Crippen molar-refractivity contribution in [3.05, 3.63) is 59.2 Å². The van der Waals surface area contributed by atoms with Crippen LogP contribution in [0.1, 0.15) is 29.0 Å². The maximum absolute atomic E-state index is 5.95. The number of benzene rings is 2. The molecule has 0 bridgehead atoms. The Bertz CT molecular complexity index is 610. The van der Waals surface area contributed by atoms with E-state index < -0.39 is 0 Å². The minimum absolute atomic E-state index is 0.238. The first-order valence-electron chi connectivity index (χ1n) is 7.68. The zero-order valence-corrected chi connectivity index (χ0v) is 13.6. The van der Waals surface area contributed by atoms with E-state index in [-0.39, 0.29) is 5.92 Å². The van der Waals surface area contributed by atoms with Crippen LogP contribution in [0.25, 0.3) is 0 Å². The average molecular weight is 299 g/mol. The van der Waals surface area contributed by atoms with E-state index in [0.717, 1.165) is 23.5 Å². The first-order chi connectivity index (χ1) is 10.7. The fourth-order valence-corrected chi connectivity index (χ4v) is 2.68. The Labute approximate surface area is 133 Å². The van der Waals surface area contributed by atoms with Gasteiger partial charge in [-0.05, 0) is 50.1 Å². The van der Waals surface area contributed by atoms with E-state index in [1.807, 2.05) is 24.3 Å². The molecule has 3 nitrogen and oxygen atoms in total. The van der Waals surface area contributed by atoms with Crippen LogP contribution in [0.4, 0.5) is 0 Å². The summed E-state index contributed by atoms with van der Waals surface area (Å²) in [5.74, 6) is 2.08. The third-order valence-corrected chi connectivity index (χ3v) is 3.92. The lowest BCUT2D eigenvalue weighted by Gasteiger charge is -2.19.